The fourth-order valence-corrected chi connectivity index (χ4v) is 1.07. The molecule has 2 heteroatoms. The minimum atomic E-state index is 0.536. The van der Waals surface area contributed by atoms with Crippen LogP contribution in [0.15, 0.2) is 0 Å². The Labute approximate surface area is 68.9 Å². The maximum absolute atomic E-state index is 9.88. The number of carbonyl (C=O) groups excluding carboxylic acids is 1. The van der Waals surface area contributed by atoms with Gasteiger partial charge in [-0.1, -0.05) is 33.1 Å². The highest BCUT2D eigenvalue weighted by atomic mass is 16.5. The van der Waals surface area contributed by atoms with Gasteiger partial charge in [-0.15, -0.1) is 0 Å². The van der Waals surface area contributed by atoms with E-state index in [-0.39, 0.29) is 0 Å². The van der Waals surface area contributed by atoms with Gasteiger partial charge in [-0.25, -0.2) is 0 Å². The largest absolute Gasteiger partial charge is 0.468 e. The van der Waals surface area contributed by atoms with Crippen LogP contribution < -0.4 is 0 Å². The number of carbonyl (C=O) groups is 1. The van der Waals surface area contributed by atoms with Crippen molar-refractivity contribution in [1.82, 2.24) is 0 Å². The molecule has 0 N–H and O–H groups in total. The van der Waals surface area contributed by atoms with E-state index in [1.165, 1.54) is 19.3 Å². The van der Waals surface area contributed by atoms with Crippen molar-refractivity contribution in [3.05, 3.63) is 0 Å². The molecule has 0 aromatic rings. The molecule has 0 radical (unpaired) electrons. The lowest BCUT2D eigenvalue weighted by molar-refractivity contribution is -0.130. The molecule has 2 nitrogen and oxygen atoms in total. The van der Waals surface area contributed by atoms with Gasteiger partial charge in [0.15, 0.2) is 0 Å². The molecule has 0 aromatic carbocycles. The molecule has 0 bridgehead atoms. The Balaban J connectivity index is 3.32. The van der Waals surface area contributed by atoms with Gasteiger partial charge in [-0.2, -0.15) is 0 Å². The molecule has 0 aliphatic rings. The fourth-order valence-electron chi connectivity index (χ4n) is 1.07. The molecule has 0 saturated heterocycles. The minimum absolute atomic E-state index is 0.536. The third-order valence-corrected chi connectivity index (χ3v) is 1.94. The predicted molar refractivity (Wildman–Crippen MR) is 45.3 cm³/mol. The zero-order chi connectivity index (χ0) is 8.53. The monoisotopic (exact) mass is 158 g/mol. The van der Waals surface area contributed by atoms with Gasteiger partial charge < -0.3 is 4.74 Å². The van der Waals surface area contributed by atoms with Crippen LogP contribution >= 0.6 is 0 Å². The third-order valence-electron chi connectivity index (χ3n) is 1.94. The second-order valence-electron chi connectivity index (χ2n) is 2.85. The van der Waals surface area contributed by atoms with Crippen LogP contribution in [0.5, 0.6) is 0 Å². The van der Waals surface area contributed by atoms with Gasteiger partial charge in [0.25, 0.3) is 6.47 Å². The second-order valence-corrected chi connectivity index (χ2v) is 2.85. The van der Waals surface area contributed by atoms with Gasteiger partial charge in [-0.3, -0.25) is 4.79 Å². The number of rotatable bonds is 7. The Kier molecular flexibility index (Phi) is 7.21. The number of unbranched alkanes of at least 4 members (excludes halogenated alkanes) is 1. The first-order chi connectivity index (χ1) is 5.35. The highest BCUT2D eigenvalue weighted by Gasteiger charge is 2.04. The Morgan fingerprint density at radius 3 is 2.64 bits per heavy atom. The lowest BCUT2D eigenvalue weighted by atomic mass is 10.0. The Bertz CT molecular complexity index is 91.6. The maximum Gasteiger partial charge on any atom is 0.293 e. The van der Waals surface area contributed by atoms with E-state index in [9.17, 15) is 4.79 Å². The zero-order valence-corrected chi connectivity index (χ0v) is 7.51. The summed E-state index contributed by atoms with van der Waals surface area (Å²) in [4.78, 5) is 9.88. The Hall–Kier alpha value is -0.530. The van der Waals surface area contributed by atoms with Gasteiger partial charge >= 0.3 is 0 Å². The van der Waals surface area contributed by atoms with Crippen molar-refractivity contribution in [2.75, 3.05) is 6.61 Å². The topological polar surface area (TPSA) is 26.3 Å². The fraction of sp³-hybridized carbons (Fsp3) is 0.889. The summed E-state index contributed by atoms with van der Waals surface area (Å²) in [7, 11) is 0. The highest BCUT2D eigenvalue weighted by Crippen LogP contribution is 2.11. The molecule has 1 unspecified atom stereocenters. The molecule has 0 amide bonds. The lowest BCUT2D eigenvalue weighted by Crippen LogP contribution is -2.07. The second kappa shape index (κ2) is 7.58. The van der Waals surface area contributed by atoms with Crippen molar-refractivity contribution in [2.45, 2.75) is 39.5 Å². The van der Waals surface area contributed by atoms with E-state index in [0.29, 0.717) is 19.0 Å². The standard InChI is InChI=1S/C9H18O2/c1-3-5-6-9(4-2)7-11-8-10/h8-9H,3-7H2,1-2H3. The molecule has 0 heterocycles. The highest BCUT2D eigenvalue weighted by molar-refractivity contribution is 5.36. The first-order valence-electron chi connectivity index (χ1n) is 4.40. The van der Waals surface area contributed by atoms with E-state index in [1.807, 2.05) is 0 Å². The van der Waals surface area contributed by atoms with E-state index in [2.05, 4.69) is 13.8 Å². The van der Waals surface area contributed by atoms with Gasteiger partial charge in [0.1, 0.15) is 0 Å². The third kappa shape index (κ3) is 5.89. The van der Waals surface area contributed by atoms with Crippen LogP contribution in [-0.2, 0) is 9.53 Å². The first kappa shape index (κ1) is 10.5. The molecule has 1 atom stereocenters. The predicted octanol–water partition coefficient (Wildman–Crippen LogP) is 2.38. The zero-order valence-electron chi connectivity index (χ0n) is 7.51. The minimum Gasteiger partial charge on any atom is -0.468 e. The van der Waals surface area contributed by atoms with E-state index < -0.39 is 0 Å². The summed E-state index contributed by atoms with van der Waals surface area (Å²) in [6.07, 6.45) is 4.74. The van der Waals surface area contributed by atoms with Crippen molar-refractivity contribution in [3.8, 4) is 0 Å². The molecule has 0 aromatic heterocycles. The van der Waals surface area contributed by atoms with Crippen LogP contribution in [0.3, 0.4) is 0 Å². The number of hydrogen-bond donors (Lipinski definition) is 0. The molecule has 0 spiro atoms. The summed E-state index contributed by atoms with van der Waals surface area (Å²) in [5.74, 6) is 0.570. The van der Waals surface area contributed by atoms with Crippen LogP contribution in [0.25, 0.3) is 0 Å². The normalized spacial score (nSPS) is 12.5. The van der Waals surface area contributed by atoms with Crippen LogP contribution in [0.2, 0.25) is 0 Å². The molecule has 11 heavy (non-hydrogen) atoms. The maximum atomic E-state index is 9.88. The molecule has 0 aliphatic carbocycles. The number of hydrogen-bond acceptors (Lipinski definition) is 2. The van der Waals surface area contributed by atoms with E-state index in [1.54, 1.807) is 0 Å². The van der Waals surface area contributed by atoms with Crippen LogP contribution in [0, 0.1) is 5.92 Å². The van der Waals surface area contributed by atoms with Gasteiger partial charge in [-0.05, 0) is 12.3 Å². The van der Waals surface area contributed by atoms with Crippen molar-refractivity contribution in [1.29, 1.82) is 0 Å². The van der Waals surface area contributed by atoms with E-state index >= 15 is 0 Å². The SMILES string of the molecule is CCCCC(CC)COC=O. The Morgan fingerprint density at radius 2 is 2.18 bits per heavy atom. The van der Waals surface area contributed by atoms with Gasteiger partial charge in [0.2, 0.25) is 0 Å². The van der Waals surface area contributed by atoms with Gasteiger partial charge in [0, 0.05) is 0 Å². The van der Waals surface area contributed by atoms with Crippen molar-refractivity contribution >= 4 is 6.47 Å². The van der Waals surface area contributed by atoms with Crippen molar-refractivity contribution < 1.29 is 9.53 Å². The van der Waals surface area contributed by atoms with Crippen LogP contribution in [-0.4, -0.2) is 13.1 Å². The summed E-state index contributed by atoms with van der Waals surface area (Å²) in [5, 5.41) is 0. The summed E-state index contributed by atoms with van der Waals surface area (Å²) in [6, 6.07) is 0. The quantitative estimate of drug-likeness (QED) is 0.532. The molecular formula is C9H18O2. The summed E-state index contributed by atoms with van der Waals surface area (Å²) < 4.78 is 4.70. The molecule has 66 valence electrons. The molecule has 0 aliphatic heterocycles. The number of ether oxygens (including phenoxy) is 1. The lowest BCUT2D eigenvalue weighted by Gasteiger charge is -2.11. The van der Waals surface area contributed by atoms with Crippen molar-refractivity contribution in [2.24, 2.45) is 5.92 Å². The van der Waals surface area contributed by atoms with E-state index in [0.717, 1.165) is 6.42 Å². The molecule has 0 saturated carbocycles. The van der Waals surface area contributed by atoms with E-state index in [4.69, 9.17) is 4.74 Å². The molecular weight excluding hydrogens is 140 g/mol. The first-order valence-corrected chi connectivity index (χ1v) is 4.40. The smallest absolute Gasteiger partial charge is 0.293 e. The summed E-state index contributed by atoms with van der Waals surface area (Å²) in [5.41, 5.74) is 0. The average Bonchev–Trinajstić information content (AvgIpc) is 2.05. The van der Waals surface area contributed by atoms with Crippen LogP contribution in [0.1, 0.15) is 39.5 Å². The molecule has 0 rings (SSSR count). The van der Waals surface area contributed by atoms with Crippen molar-refractivity contribution in [3.63, 3.8) is 0 Å². The van der Waals surface area contributed by atoms with Crippen LogP contribution in [0.4, 0.5) is 0 Å². The molecule has 0 fully saturated rings. The van der Waals surface area contributed by atoms with Gasteiger partial charge in [0.05, 0.1) is 6.61 Å². The Morgan fingerprint density at radius 1 is 1.45 bits per heavy atom. The summed E-state index contributed by atoms with van der Waals surface area (Å²) >= 11 is 0. The average molecular weight is 158 g/mol. The summed E-state index contributed by atoms with van der Waals surface area (Å²) in [6.45, 7) is 5.44.